The van der Waals surface area contributed by atoms with E-state index < -0.39 is 11.4 Å². The normalized spacial score (nSPS) is 20.8. The summed E-state index contributed by atoms with van der Waals surface area (Å²) < 4.78 is 0. The molecule has 2 aliphatic carbocycles. The maximum absolute atomic E-state index is 12.4. The number of carbonyl (C=O) groups is 2. The fraction of sp³-hybridized carbons (Fsp3) is 0.375. The van der Waals surface area contributed by atoms with E-state index in [4.69, 9.17) is 0 Å². The molecule has 0 bridgehead atoms. The standard InChI is InChI=1S/C16H16O3/c1-10-13(15(18)19)6-7-14(17)16(10)8-11-4-2-3-5-12(11)9-16/h2-5H,6-9H2,1H3,(H,18,19). The molecule has 0 unspecified atom stereocenters. The molecule has 1 N–H and O–H groups in total. The van der Waals surface area contributed by atoms with Gasteiger partial charge in [-0.2, -0.15) is 0 Å². The SMILES string of the molecule is CC1=C(C(=O)O)CCC(=O)C12Cc1ccccc1C2. The molecule has 3 rings (SSSR count). The van der Waals surface area contributed by atoms with Crippen LogP contribution in [0.4, 0.5) is 0 Å². The van der Waals surface area contributed by atoms with Gasteiger partial charge in [0.2, 0.25) is 0 Å². The summed E-state index contributed by atoms with van der Waals surface area (Å²) in [5.41, 5.74) is 2.99. The van der Waals surface area contributed by atoms with Crippen molar-refractivity contribution in [3.8, 4) is 0 Å². The molecule has 0 saturated heterocycles. The first kappa shape index (κ1) is 12.2. The highest BCUT2D eigenvalue weighted by molar-refractivity contribution is 5.97. The summed E-state index contributed by atoms with van der Waals surface area (Å²) in [6.07, 6.45) is 2.04. The van der Waals surface area contributed by atoms with Crippen molar-refractivity contribution in [2.24, 2.45) is 5.41 Å². The van der Waals surface area contributed by atoms with Crippen molar-refractivity contribution < 1.29 is 14.7 Å². The first-order valence-corrected chi connectivity index (χ1v) is 6.58. The van der Waals surface area contributed by atoms with Gasteiger partial charge in [-0.25, -0.2) is 4.79 Å². The van der Waals surface area contributed by atoms with Gasteiger partial charge in [0.1, 0.15) is 5.78 Å². The number of allylic oxidation sites excluding steroid dienone is 1. The van der Waals surface area contributed by atoms with Crippen molar-refractivity contribution in [2.45, 2.75) is 32.6 Å². The van der Waals surface area contributed by atoms with E-state index in [1.54, 1.807) is 0 Å². The summed E-state index contributed by atoms with van der Waals surface area (Å²) in [6.45, 7) is 1.83. The van der Waals surface area contributed by atoms with Crippen molar-refractivity contribution >= 4 is 11.8 Å². The van der Waals surface area contributed by atoms with Gasteiger partial charge in [0, 0.05) is 12.0 Å². The minimum absolute atomic E-state index is 0.200. The first-order chi connectivity index (χ1) is 9.04. The molecule has 0 heterocycles. The highest BCUT2D eigenvalue weighted by atomic mass is 16.4. The number of hydrogen-bond donors (Lipinski definition) is 1. The molecule has 0 atom stereocenters. The monoisotopic (exact) mass is 256 g/mol. The number of carbonyl (C=O) groups excluding carboxylic acids is 1. The minimum atomic E-state index is -0.875. The number of aliphatic carboxylic acids is 1. The van der Waals surface area contributed by atoms with Gasteiger partial charge < -0.3 is 5.11 Å². The molecule has 0 saturated carbocycles. The smallest absolute Gasteiger partial charge is 0.331 e. The fourth-order valence-corrected chi connectivity index (χ4v) is 3.51. The molecule has 0 radical (unpaired) electrons. The molecular weight excluding hydrogens is 240 g/mol. The van der Waals surface area contributed by atoms with Crippen LogP contribution in [0.5, 0.6) is 0 Å². The molecule has 0 aliphatic heterocycles. The van der Waals surface area contributed by atoms with E-state index in [2.05, 4.69) is 0 Å². The Morgan fingerprint density at radius 1 is 1.16 bits per heavy atom. The molecule has 1 aromatic carbocycles. The van der Waals surface area contributed by atoms with Crippen LogP contribution < -0.4 is 0 Å². The summed E-state index contributed by atoms with van der Waals surface area (Å²) in [5.74, 6) is -0.675. The third kappa shape index (κ3) is 1.65. The average Bonchev–Trinajstić information content (AvgIpc) is 2.76. The van der Waals surface area contributed by atoms with Gasteiger partial charge in [-0.3, -0.25) is 4.79 Å². The lowest BCUT2D eigenvalue weighted by Gasteiger charge is -2.34. The summed E-state index contributed by atoms with van der Waals surface area (Å²) in [4.78, 5) is 23.8. The molecule has 98 valence electrons. The van der Waals surface area contributed by atoms with Crippen LogP contribution in [0.3, 0.4) is 0 Å². The number of Topliss-reactive ketones (excluding diaryl/α,β-unsaturated/α-hetero) is 1. The molecule has 1 aromatic rings. The van der Waals surface area contributed by atoms with Gasteiger partial charge in [0.25, 0.3) is 0 Å². The summed E-state index contributed by atoms with van der Waals surface area (Å²) in [6, 6.07) is 8.03. The molecule has 1 spiro atoms. The van der Waals surface area contributed by atoms with E-state index in [-0.39, 0.29) is 5.78 Å². The third-order valence-corrected chi connectivity index (χ3v) is 4.67. The lowest BCUT2D eigenvalue weighted by atomic mass is 9.67. The second-order valence-electron chi connectivity index (χ2n) is 5.54. The van der Waals surface area contributed by atoms with Gasteiger partial charge in [0.05, 0.1) is 5.41 Å². The van der Waals surface area contributed by atoms with E-state index >= 15 is 0 Å². The average molecular weight is 256 g/mol. The Hall–Kier alpha value is -1.90. The zero-order valence-corrected chi connectivity index (χ0v) is 10.9. The van der Waals surface area contributed by atoms with Crippen molar-refractivity contribution in [1.82, 2.24) is 0 Å². The van der Waals surface area contributed by atoms with Crippen molar-refractivity contribution in [3.63, 3.8) is 0 Å². The molecule has 2 aliphatic rings. The van der Waals surface area contributed by atoms with Gasteiger partial charge in [0.15, 0.2) is 0 Å². The van der Waals surface area contributed by atoms with Gasteiger partial charge in [-0.15, -0.1) is 0 Å². The molecular formula is C16H16O3. The maximum Gasteiger partial charge on any atom is 0.331 e. The predicted octanol–water partition coefficient (Wildman–Crippen LogP) is 2.54. The highest BCUT2D eigenvalue weighted by Gasteiger charge is 2.48. The molecule has 3 heteroatoms. The van der Waals surface area contributed by atoms with E-state index in [1.807, 2.05) is 31.2 Å². The van der Waals surface area contributed by atoms with E-state index in [9.17, 15) is 14.7 Å². The third-order valence-electron chi connectivity index (χ3n) is 4.67. The fourth-order valence-electron chi connectivity index (χ4n) is 3.51. The van der Waals surface area contributed by atoms with Crippen molar-refractivity contribution in [2.75, 3.05) is 0 Å². The summed E-state index contributed by atoms with van der Waals surface area (Å²) >= 11 is 0. The second kappa shape index (κ2) is 4.05. The Balaban J connectivity index is 2.12. The number of benzene rings is 1. The van der Waals surface area contributed by atoms with E-state index in [0.29, 0.717) is 31.3 Å². The minimum Gasteiger partial charge on any atom is -0.478 e. The van der Waals surface area contributed by atoms with Gasteiger partial charge in [-0.1, -0.05) is 24.3 Å². The van der Waals surface area contributed by atoms with Crippen LogP contribution in [0, 0.1) is 5.41 Å². The van der Waals surface area contributed by atoms with Crippen molar-refractivity contribution in [3.05, 3.63) is 46.5 Å². The zero-order valence-electron chi connectivity index (χ0n) is 10.9. The predicted molar refractivity (Wildman–Crippen MR) is 70.9 cm³/mol. The number of carboxylic acids is 1. The number of hydrogen-bond acceptors (Lipinski definition) is 2. The van der Waals surface area contributed by atoms with Crippen LogP contribution in [0.1, 0.15) is 30.9 Å². The number of ketones is 1. The molecule has 0 aromatic heterocycles. The first-order valence-electron chi connectivity index (χ1n) is 6.58. The Morgan fingerprint density at radius 2 is 1.74 bits per heavy atom. The van der Waals surface area contributed by atoms with Crippen LogP contribution in [0.25, 0.3) is 0 Å². The van der Waals surface area contributed by atoms with Crippen LogP contribution in [0.15, 0.2) is 35.4 Å². The van der Waals surface area contributed by atoms with Crippen LogP contribution >= 0.6 is 0 Å². The number of rotatable bonds is 1. The lowest BCUT2D eigenvalue weighted by Crippen LogP contribution is -2.38. The van der Waals surface area contributed by atoms with Crippen LogP contribution in [0.2, 0.25) is 0 Å². The second-order valence-corrected chi connectivity index (χ2v) is 5.54. The molecule has 3 nitrogen and oxygen atoms in total. The Bertz CT molecular complexity index is 585. The Kier molecular flexibility index (Phi) is 2.59. The lowest BCUT2D eigenvalue weighted by molar-refractivity contribution is -0.133. The van der Waals surface area contributed by atoms with Crippen LogP contribution in [-0.2, 0) is 22.4 Å². The number of fused-ring (bicyclic) bond motifs is 1. The summed E-state index contributed by atoms with van der Waals surface area (Å²) in [5, 5.41) is 9.29. The largest absolute Gasteiger partial charge is 0.478 e. The van der Waals surface area contributed by atoms with E-state index in [1.165, 1.54) is 11.1 Å². The van der Waals surface area contributed by atoms with Gasteiger partial charge >= 0.3 is 5.97 Å². The Labute approximate surface area is 111 Å². The van der Waals surface area contributed by atoms with Gasteiger partial charge in [-0.05, 0) is 42.9 Å². The topological polar surface area (TPSA) is 54.4 Å². The van der Waals surface area contributed by atoms with Crippen LogP contribution in [-0.4, -0.2) is 16.9 Å². The zero-order chi connectivity index (χ0) is 13.6. The quantitative estimate of drug-likeness (QED) is 0.840. The highest BCUT2D eigenvalue weighted by Crippen LogP contribution is 2.48. The maximum atomic E-state index is 12.4. The molecule has 0 amide bonds. The summed E-state index contributed by atoms with van der Waals surface area (Å²) in [7, 11) is 0. The molecule has 19 heavy (non-hydrogen) atoms. The van der Waals surface area contributed by atoms with Crippen molar-refractivity contribution in [1.29, 1.82) is 0 Å². The van der Waals surface area contributed by atoms with E-state index in [0.717, 1.165) is 5.57 Å². The Morgan fingerprint density at radius 3 is 2.26 bits per heavy atom. The molecule has 0 fully saturated rings. The number of carboxylic acid groups (broad SMARTS) is 1.